The Labute approximate surface area is 297 Å². The highest BCUT2D eigenvalue weighted by Crippen LogP contribution is 2.40. The molecule has 0 aliphatic rings. The zero-order valence-electron chi connectivity index (χ0n) is 27.6. The van der Waals surface area contributed by atoms with Gasteiger partial charge in [-0.15, -0.1) is 0 Å². The molecule has 0 amide bonds. The molecule has 0 aliphatic heterocycles. The van der Waals surface area contributed by atoms with Gasteiger partial charge in [0.25, 0.3) is 0 Å². The van der Waals surface area contributed by atoms with Gasteiger partial charge in [0.2, 0.25) is 0 Å². The van der Waals surface area contributed by atoms with E-state index in [0.717, 1.165) is 77.4 Å². The number of nitrogens with zero attached hydrogens (tertiary/aromatic N) is 8. The number of para-hydroxylation sites is 2. The normalized spacial score (nSPS) is 11.4. The lowest BCUT2D eigenvalue weighted by Gasteiger charge is -2.17. The lowest BCUT2D eigenvalue weighted by atomic mass is 10.0. The monoisotopic (exact) mass is 666 g/mol. The van der Waals surface area contributed by atoms with E-state index in [0.29, 0.717) is 17.2 Å². The number of rotatable bonds is 5. The second-order valence-electron chi connectivity index (χ2n) is 12.6. The minimum Gasteiger partial charge on any atom is -0.307 e. The highest BCUT2D eigenvalue weighted by Gasteiger charge is 2.20. The van der Waals surface area contributed by atoms with Crippen LogP contribution in [0.1, 0.15) is 5.56 Å². The summed E-state index contributed by atoms with van der Waals surface area (Å²) >= 11 is 0. The van der Waals surface area contributed by atoms with Gasteiger partial charge in [-0.1, -0.05) is 72.8 Å². The smallest absolute Gasteiger partial charge is 0.159 e. The van der Waals surface area contributed by atoms with Crippen LogP contribution in [0.5, 0.6) is 0 Å². The van der Waals surface area contributed by atoms with E-state index in [-0.39, 0.29) is 0 Å². The molecule has 0 spiro atoms. The molecule has 10 rings (SSSR count). The second-order valence-corrected chi connectivity index (χ2v) is 12.6. The first kappa shape index (κ1) is 29.4. The van der Waals surface area contributed by atoms with E-state index in [9.17, 15) is 5.26 Å². The molecule has 242 valence electrons. The Bertz CT molecular complexity index is 3010. The zero-order chi connectivity index (χ0) is 34.6. The van der Waals surface area contributed by atoms with Gasteiger partial charge < -0.3 is 4.57 Å². The van der Waals surface area contributed by atoms with Crippen LogP contribution >= 0.6 is 0 Å². The standard InChI is InChI=1S/C44H26N8/c45-26-28-11-13-29(14-12-28)36-25-42(52-38-10-4-2-8-33(38)35-18-16-31(24-40(35)52)44-48-21-6-22-49-44)50-27-41(36)51-37-9-3-1-7-32(37)34-17-15-30(23-39(34)51)43-46-19-5-20-47-43/h1-25,27H. The van der Waals surface area contributed by atoms with E-state index in [1.54, 1.807) is 24.8 Å². The van der Waals surface area contributed by atoms with E-state index < -0.39 is 0 Å². The fourth-order valence-electron chi connectivity index (χ4n) is 7.32. The molecule has 8 nitrogen and oxygen atoms in total. The zero-order valence-corrected chi connectivity index (χ0v) is 27.6. The predicted octanol–water partition coefficient (Wildman–Crippen LogP) is 9.73. The lowest BCUT2D eigenvalue weighted by Crippen LogP contribution is -2.03. The van der Waals surface area contributed by atoms with Crippen molar-refractivity contribution >= 4 is 43.6 Å². The molecule has 0 atom stereocenters. The van der Waals surface area contributed by atoms with E-state index >= 15 is 0 Å². The Hall–Kier alpha value is -7.50. The fraction of sp³-hybridized carbons (Fsp3) is 0. The van der Waals surface area contributed by atoms with Crippen molar-refractivity contribution < 1.29 is 0 Å². The van der Waals surface area contributed by atoms with Crippen molar-refractivity contribution in [2.45, 2.75) is 0 Å². The first-order valence-electron chi connectivity index (χ1n) is 16.9. The van der Waals surface area contributed by atoms with E-state index in [1.165, 1.54) is 0 Å². The number of hydrogen-bond acceptors (Lipinski definition) is 6. The summed E-state index contributed by atoms with van der Waals surface area (Å²) < 4.78 is 4.49. The average molecular weight is 667 g/mol. The second kappa shape index (κ2) is 11.8. The van der Waals surface area contributed by atoms with Gasteiger partial charge >= 0.3 is 0 Å². The molecule has 0 saturated carbocycles. The van der Waals surface area contributed by atoms with Crippen LogP contribution in [-0.4, -0.2) is 34.1 Å². The van der Waals surface area contributed by atoms with Crippen molar-refractivity contribution in [3.05, 3.63) is 164 Å². The molecule has 0 saturated heterocycles. The van der Waals surface area contributed by atoms with Crippen LogP contribution in [0.15, 0.2) is 158 Å². The summed E-state index contributed by atoms with van der Waals surface area (Å²) in [6, 6.07) is 45.4. The van der Waals surface area contributed by atoms with Crippen LogP contribution in [0.3, 0.4) is 0 Å². The van der Waals surface area contributed by atoms with Crippen LogP contribution in [0.25, 0.3) is 89.0 Å². The predicted molar refractivity (Wildman–Crippen MR) is 205 cm³/mol. The SMILES string of the molecule is N#Cc1ccc(-c2cc(-n3c4ccccc4c4ccc(-c5ncccn5)cc43)ncc2-n2c3ccccc3c3ccc(-c4ncccn4)cc32)cc1. The number of fused-ring (bicyclic) bond motifs is 6. The van der Waals surface area contributed by atoms with Crippen LogP contribution < -0.4 is 0 Å². The number of pyridine rings is 1. The van der Waals surface area contributed by atoms with Crippen LogP contribution in [0.4, 0.5) is 0 Å². The summed E-state index contributed by atoms with van der Waals surface area (Å²) in [5.41, 5.74) is 9.39. The topological polar surface area (TPSA) is 98.1 Å². The Morgan fingerprint density at radius 3 is 1.52 bits per heavy atom. The van der Waals surface area contributed by atoms with Gasteiger partial charge in [0, 0.05) is 63.0 Å². The molecule has 0 radical (unpaired) electrons. The number of nitriles is 1. The number of hydrogen-bond donors (Lipinski definition) is 0. The molecule has 5 heterocycles. The molecule has 0 fully saturated rings. The van der Waals surface area contributed by atoms with E-state index in [4.69, 9.17) is 4.98 Å². The number of benzene rings is 5. The maximum atomic E-state index is 9.65. The summed E-state index contributed by atoms with van der Waals surface area (Å²) in [5.74, 6) is 2.09. The third kappa shape index (κ3) is 4.65. The largest absolute Gasteiger partial charge is 0.307 e. The lowest BCUT2D eigenvalue weighted by molar-refractivity contribution is 1.05. The first-order chi connectivity index (χ1) is 25.7. The Morgan fingerprint density at radius 1 is 0.442 bits per heavy atom. The van der Waals surface area contributed by atoms with Crippen molar-refractivity contribution in [3.8, 4) is 51.5 Å². The molecule has 10 aromatic rings. The molecule has 5 aromatic heterocycles. The summed E-state index contributed by atoms with van der Waals surface area (Å²) in [5, 5.41) is 14.1. The Balaban J connectivity index is 1.27. The minimum absolute atomic E-state index is 0.599. The van der Waals surface area contributed by atoms with Gasteiger partial charge in [-0.3, -0.25) is 4.57 Å². The van der Waals surface area contributed by atoms with Crippen molar-refractivity contribution in [1.82, 2.24) is 34.1 Å². The molecule has 8 heteroatoms. The van der Waals surface area contributed by atoms with Crippen molar-refractivity contribution in [3.63, 3.8) is 0 Å². The maximum absolute atomic E-state index is 9.65. The van der Waals surface area contributed by atoms with Gasteiger partial charge in [-0.2, -0.15) is 5.26 Å². The van der Waals surface area contributed by atoms with Gasteiger partial charge in [-0.05, 0) is 60.2 Å². The first-order valence-corrected chi connectivity index (χ1v) is 16.9. The Kier molecular flexibility index (Phi) is 6.69. The van der Waals surface area contributed by atoms with Crippen molar-refractivity contribution in [2.75, 3.05) is 0 Å². The summed E-state index contributed by atoms with van der Waals surface area (Å²) in [6.07, 6.45) is 9.01. The van der Waals surface area contributed by atoms with Crippen molar-refractivity contribution in [1.29, 1.82) is 5.26 Å². The van der Waals surface area contributed by atoms with E-state index in [2.05, 4.69) is 126 Å². The Morgan fingerprint density at radius 2 is 0.942 bits per heavy atom. The molecule has 0 aliphatic carbocycles. The summed E-state index contributed by atoms with van der Waals surface area (Å²) in [6.45, 7) is 0. The van der Waals surface area contributed by atoms with Crippen molar-refractivity contribution in [2.24, 2.45) is 0 Å². The highest BCUT2D eigenvalue weighted by molar-refractivity contribution is 6.11. The number of aromatic nitrogens is 7. The van der Waals surface area contributed by atoms with Crippen LogP contribution in [0.2, 0.25) is 0 Å². The quantitative estimate of drug-likeness (QED) is 0.181. The summed E-state index contributed by atoms with van der Waals surface area (Å²) in [4.78, 5) is 23.4. The third-order valence-corrected chi connectivity index (χ3v) is 9.66. The van der Waals surface area contributed by atoms with Gasteiger partial charge in [0.05, 0.1) is 45.6 Å². The fourth-order valence-corrected chi connectivity index (χ4v) is 7.32. The van der Waals surface area contributed by atoms with Gasteiger partial charge in [0.15, 0.2) is 11.6 Å². The average Bonchev–Trinajstić information content (AvgIpc) is 3.73. The van der Waals surface area contributed by atoms with Crippen LogP contribution in [-0.2, 0) is 0 Å². The molecular weight excluding hydrogens is 641 g/mol. The highest BCUT2D eigenvalue weighted by atomic mass is 15.1. The molecule has 0 bridgehead atoms. The maximum Gasteiger partial charge on any atom is 0.159 e. The van der Waals surface area contributed by atoms with E-state index in [1.807, 2.05) is 42.6 Å². The molecule has 0 N–H and O–H groups in total. The summed E-state index contributed by atoms with van der Waals surface area (Å²) in [7, 11) is 0. The molecular formula is C44H26N8. The van der Waals surface area contributed by atoms with Gasteiger partial charge in [-0.25, -0.2) is 24.9 Å². The molecule has 0 unspecified atom stereocenters. The van der Waals surface area contributed by atoms with Gasteiger partial charge in [0.1, 0.15) is 5.82 Å². The molecule has 5 aromatic carbocycles. The molecule has 52 heavy (non-hydrogen) atoms. The third-order valence-electron chi connectivity index (χ3n) is 9.66. The van der Waals surface area contributed by atoms with Crippen LogP contribution in [0, 0.1) is 11.3 Å². The minimum atomic E-state index is 0.599.